The van der Waals surface area contributed by atoms with E-state index in [9.17, 15) is 0 Å². The van der Waals surface area contributed by atoms with Crippen molar-refractivity contribution in [2.75, 3.05) is 38.2 Å². The largest absolute Gasteiger partial charge is 0.374 e. The van der Waals surface area contributed by atoms with Crippen LogP contribution in [0.1, 0.15) is 19.8 Å². The maximum Gasteiger partial charge on any atom is 0.0852 e. The van der Waals surface area contributed by atoms with Crippen LogP contribution in [0.3, 0.4) is 0 Å². The number of likely N-dealkylation sites (N-methyl/N-ethyl adjacent to an activating group) is 1. The first-order valence-electron chi connectivity index (χ1n) is 6.39. The quantitative estimate of drug-likeness (QED) is 0.806. The first-order valence-corrected chi connectivity index (χ1v) is 7.55. The van der Waals surface area contributed by atoms with Crippen molar-refractivity contribution in [2.45, 2.75) is 38.0 Å². The van der Waals surface area contributed by atoms with Crippen molar-refractivity contribution in [1.29, 1.82) is 0 Å². The highest BCUT2D eigenvalue weighted by Crippen LogP contribution is 2.18. The van der Waals surface area contributed by atoms with Crippen LogP contribution in [-0.4, -0.2) is 61.3 Å². The van der Waals surface area contributed by atoms with Gasteiger partial charge >= 0.3 is 0 Å². The Morgan fingerprint density at radius 2 is 2.38 bits per heavy atom. The number of ether oxygens (including phenoxy) is 1. The summed E-state index contributed by atoms with van der Waals surface area (Å²) in [5.74, 6) is 2.61. The third-order valence-electron chi connectivity index (χ3n) is 3.51. The molecule has 1 N–H and O–H groups in total. The minimum atomic E-state index is 0.366. The molecule has 0 aromatic rings. The summed E-state index contributed by atoms with van der Waals surface area (Å²) in [4.78, 5) is 2.36. The zero-order valence-electron chi connectivity index (χ0n) is 10.4. The van der Waals surface area contributed by atoms with Crippen molar-refractivity contribution in [3.63, 3.8) is 0 Å². The molecule has 0 saturated carbocycles. The van der Waals surface area contributed by atoms with E-state index in [-0.39, 0.29) is 0 Å². The first kappa shape index (κ1) is 12.7. The summed E-state index contributed by atoms with van der Waals surface area (Å²) >= 11 is 2.08. The molecule has 0 amide bonds. The summed E-state index contributed by atoms with van der Waals surface area (Å²) in [7, 11) is 2.18. The number of morpholine rings is 1. The lowest BCUT2D eigenvalue weighted by Crippen LogP contribution is -2.53. The third kappa shape index (κ3) is 3.62. The van der Waals surface area contributed by atoms with Crippen molar-refractivity contribution in [3.8, 4) is 0 Å². The van der Waals surface area contributed by atoms with Crippen LogP contribution in [0.25, 0.3) is 0 Å². The van der Waals surface area contributed by atoms with Gasteiger partial charge in [-0.15, -0.1) is 0 Å². The molecule has 3 atom stereocenters. The summed E-state index contributed by atoms with van der Waals surface area (Å²) in [5.41, 5.74) is 0. The topological polar surface area (TPSA) is 24.5 Å². The lowest BCUT2D eigenvalue weighted by atomic mass is 10.1. The first-order chi connectivity index (χ1) is 7.75. The van der Waals surface area contributed by atoms with Gasteiger partial charge in [-0.2, -0.15) is 11.8 Å². The molecule has 3 unspecified atom stereocenters. The third-order valence-corrected chi connectivity index (χ3v) is 4.73. The van der Waals surface area contributed by atoms with E-state index in [1.807, 2.05) is 0 Å². The summed E-state index contributed by atoms with van der Waals surface area (Å²) < 4.78 is 5.84. The van der Waals surface area contributed by atoms with Gasteiger partial charge in [0.25, 0.3) is 0 Å². The molecule has 0 aromatic heterocycles. The zero-order valence-corrected chi connectivity index (χ0v) is 11.3. The van der Waals surface area contributed by atoms with Crippen molar-refractivity contribution in [2.24, 2.45) is 0 Å². The van der Waals surface area contributed by atoms with E-state index in [0.717, 1.165) is 19.7 Å². The second kappa shape index (κ2) is 6.24. The molecular weight excluding hydrogens is 220 g/mol. The summed E-state index contributed by atoms with van der Waals surface area (Å²) in [6, 6.07) is 1.18. The molecule has 0 bridgehead atoms. The predicted molar refractivity (Wildman–Crippen MR) is 70.2 cm³/mol. The van der Waals surface area contributed by atoms with Crippen molar-refractivity contribution >= 4 is 11.8 Å². The monoisotopic (exact) mass is 244 g/mol. The van der Waals surface area contributed by atoms with Crippen molar-refractivity contribution in [1.82, 2.24) is 10.2 Å². The van der Waals surface area contributed by atoms with Crippen LogP contribution in [0, 0.1) is 0 Å². The van der Waals surface area contributed by atoms with Gasteiger partial charge in [-0.25, -0.2) is 0 Å². The minimum Gasteiger partial charge on any atom is -0.374 e. The van der Waals surface area contributed by atoms with E-state index >= 15 is 0 Å². The second-order valence-electron chi connectivity index (χ2n) is 5.04. The van der Waals surface area contributed by atoms with Crippen molar-refractivity contribution < 1.29 is 4.74 Å². The Hall–Kier alpha value is 0.230. The molecular formula is C12H24N2OS. The molecule has 3 nitrogen and oxygen atoms in total. The zero-order chi connectivity index (χ0) is 11.4. The normalized spacial score (nSPS) is 34.9. The van der Waals surface area contributed by atoms with Gasteiger partial charge in [0.2, 0.25) is 0 Å². The standard InChI is InChI=1S/C12H24N2OS/c1-10(12-8-14(2)5-6-15-12)13-11-4-3-7-16-9-11/h10-13H,3-9H2,1-2H3. The number of hydrogen-bond acceptors (Lipinski definition) is 4. The summed E-state index contributed by atoms with van der Waals surface area (Å²) in [6.45, 7) is 5.28. The minimum absolute atomic E-state index is 0.366. The molecule has 2 saturated heterocycles. The smallest absolute Gasteiger partial charge is 0.0852 e. The maximum atomic E-state index is 5.84. The van der Waals surface area contributed by atoms with Gasteiger partial charge < -0.3 is 15.0 Å². The van der Waals surface area contributed by atoms with E-state index in [4.69, 9.17) is 4.74 Å². The fourth-order valence-electron chi connectivity index (χ4n) is 2.46. The van der Waals surface area contributed by atoms with Crippen LogP contribution in [0.15, 0.2) is 0 Å². The van der Waals surface area contributed by atoms with Gasteiger partial charge in [-0.1, -0.05) is 0 Å². The molecule has 0 spiro atoms. The number of thioether (sulfide) groups is 1. The fourth-order valence-corrected chi connectivity index (χ4v) is 3.55. The second-order valence-corrected chi connectivity index (χ2v) is 6.19. The lowest BCUT2D eigenvalue weighted by Gasteiger charge is -2.36. The van der Waals surface area contributed by atoms with Gasteiger partial charge in [0, 0.05) is 30.9 Å². The molecule has 0 radical (unpaired) electrons. The predicted octanol–water partition coefficient (Wildman–Crippen LogP) is 1.19. The maximum absolute atomic E-state index is 5.84. The van der Waals surface area contributed by atoms with Gasteiger partial charge in [0.1, 0.15) is 0 Å². The summed E-state index contributed by atoms with van der Waals surface area (Å²) in [5, 5.41) is 3.74. The van der Waals surface area contributed by atoms with E-state index < -0.39 is 0 Å². The van der Waals surface area contributed by atoms with Crippen LogP contribution in [0.5, 0.6) is 0 Å². The van der Waals surface area contributed by atoms with E-state index in [2.05, 4.69) is 35.9 Å². The molecule has 2 rings (SSSR count). The van der Waals surface area contributed by atoms with Crippen molar-refractivity contribution in [3.05, 3.63) is 0 Å². The Balaban J connectivity index is 1.75. The molecule has 2 fully saturated rings. The van der Waals surface area contributed by atoms with E-state index in [1.165, 1.54) is 24.3 Å². The SMILES string of the molecule is CC(NC1CCCSC1)C1CN(C)CCO1. The lowest BCUT2D eigenvalue weighted by molar-refractivity contribution is -0.0369. The van der Waals surface area contributed by atoms with Crippen LogP contribution in [0.2, 0.25) is 0 Å². The number of hydrogen-bond donors (Lipinski definition) is 1. The van der Waals surface area contributed by atoms with Gasteiger partial charge in [0.15, 0.2) is 0 Å². The Kier molecular flexibility index (Phi) is 4.95. The Bertz CT molecular complexity index is 209. The van der Waals surface area contributed by atoms with E-state index in [0.29, 0.717) is 18.2 Å². The molecule has 2 aliphatic rings. The molecule has 4 heteroatoms. The molecule has 16 heavy (non-hydrogen) atoms. The molecule has 2 heterocycles. The van der Waals surface area contributed by atoms with Gasteiger partial charge in [0.05, 0.1) is 12.7 Å². The molecule has 0 aromatic carbocycles. The van der Waals surface area contributed by atoms with Crippen LogP contribution >= 0.6 is 11.8 Å². The molecule has 94 valence electrons. The number of nitrogens with one attached hydrogen (secondary N) is 1. The average Bonchev–Trinajstić information content (AvgIpc) is 2.30. The van der Waals surface area contributed by atoms with Crippen LogP contribution in [0.4, 0.5) is 0 Å². The highest BCUT2D eigenvalue weighted by molar-refractivity contribution is 7.99. The van der Waals surface area contributed by atoms with Gasteiger partial charge in [-0.3, -0.25) is 0 Å². The van der Waals surface area contributed by atoms with E-state index in [1.54, 1.807) is 0 Å². The fraction of sp³-hybridized carbons (Fsp3) is 1.00. The van der Waals surface area contributed by atoms with Crippen LogP contribution in [-0.2, 0) is 4.74 Å². The Labute approximate surface area is 103 Å². The molecule has 0 aliphatic carbocycles. The number of nitrogens with zero attached hydrogens (tertiary/aromatic N) is 1. The summed E-state index contributed by atoms with van der Waals surface area (Å²) in [6.07, 6.45) is 3.06. The highest BCUT2D eigenvalue weighted by Gasteiger charge is 2.25. The average molecular weight is 244 g/mol. The van der Waals surface area contributed by atoms with Gasteiger partial charge in [-0.05, 0) is 32.6 Å². The highest BCUT2D eigenvalue weighted by atomic mass is 32.2. The molecule has 2 aliphatic heterocycles. The Morgan fingerprint density at radius 1 is 1.50 bits per heavy atom. The van der Waals surface area contributed by atoms with Crippen LogP contribution < -0.4 is 5.32 Å². The number of rotatable bonds is 3. The Morgan fingerprint density at radius 3 is 3.06 bits per heavy atom.